The van der Waals surface area contributed by atoms with Gasteiger partial charge in [-0.15, -0.1) is 11.8 Å². The summed E-state index contributed by atoms with van der Waals surface area (Å²) in [6.45, 7) is 6.45. The van der Waals surface area contributed by atoms with Crippen LogP contribution in [0.4, 0.5) is 5.69 Å². The summed E-state index contributed by atoms with van der Waals surface area (Å²) in [4.78, 5) is 16.2. The van der Waals surface area contributed by atoms with Gasteiger partial charge in [0, 0.05) is 24.5 Å². The molecule has 1 amide bonds. The molecule has 34 heavy (non-hydrogen) atoms. The number of nitrogens with zero attached hydrogens (tertiary/aromatic N) is 2. The Labute approximate surface area is 206 Å². The lowest BCUT2D eigenvalue weighted by Gasteiger charge is -2.27. The molecule has 0 unspecified atom stereocenters. The molecule has 10 heteroatoms. The Kier molecular flexibility index (Phi) is 10.1. The molecule has 1 aliphatic rings. The van der Waals surface area contributed by atoms with Crippen LogP contribution in [0.15, 0.2) is 58.3 Å². The normalized spacial score (nSPS) is 14.5. The number of hydrogen-bond donors (Lipinski definition) is 1. The molecule has 0 aromatic heterocycles. The molecule has 0 saturated carbocycles. The lowest BCUT2D eigenvalue weighted by atomic mass is 10.3. The number of para-hydroxylation sites is 2. The van der Waals surface area contributed by atoms with E-state index in [4.69, 9.17) is 9.47 Å². The van der Waals surface area contributed by atoms with Gasteiger partial charge in [0.25, 0.3) is 10.0 Å². The minimum absolute atomic E-state index is 0.122. The van der Waals surface area contributed by atoms with Crippen LogP contribution in [0.1, 0.15) is 13.3 Å². The van der Waals surface area contributed by atoms with E-state index < -0.39 is 10.0 Å². The van der Waals surface area contributed by atoms with Gasteiger partial charge in [0.15, 0.2) is 0 Å². The number of anilines is 1. The lowest BCUT2D eigenvalue weighted by molar-refractivity contribution is -0.119. The first-order valence-electron chi connectivity index (χ1n) is 11.4. The highest BCUT2D eigenvalue weighted by Gasteiger charge is 2.29. The largest absolute Gasteiger partial charge is 0.492 e. The second kappa shape index (κ2) is 13.0. The Balaban J connectivity index is 1.75. The van der Waals surface area contributed by atoms with Gasteiger partial charge in [0.2, 0.25) is 5.91 Å². The van der Waals surface area contributed by atoms with Crippen LogP contribution >= 0.6 is 11.8 Å². The van der Waals surface area contributed by atoms with E-state index in [-0.39, 0.29) is 17.3 Å². The summed E-state index contributed by atoms with van der Waals surface area (Å²) in [7, 11) is -4.00. The van der Waals surface area contributed by atoms with E-state index in [9.17, 15) is 13.2 Å². The van der Waals surface area contributed by atoms with Crippen molar-refractivity contribution >= 4 is 33.4 Å². The summed E-state index contributed by atoms with van der Waals surface area (Å²) < 4.78 is 39.4. The van der Waals surface area contributed by atoms with Gasteiger partial charge >= 0.3 is 0 Å². The molecule has 0 atom stereocenters. The van der Waals surface area contributed by atoms with Crippen LogP contribution in [-0.4, -0.2) is 78.0 Å². The first kappa shape index (κ1) is 26.3. The minimum Gasteiger partial charge on any atom is -0.492 e. The maximum Gasteiger partial charge on any atom is 0.264 e. The van der Waals surface area contributed by atoms with Crippen LogP contribution in [0.5, 0.6) is 5.75 Å². The first-order valence-corrected chi connectivity index (χ1v) is 14.1. The highest BCUT2D eigenvalue weighted by atomic mass is 32.2. The molecule has 1 heterocycles. The Morgan fingerprint density at radius 2 is 1.85 bits per heavy atom. The van der Waals surface area contributed by atoms with Gasteiger partial charge in [-0.3, -0.25) is 14.0 Å². The van der Waals surface area contributed by atoms with Crippen LogP contribution in [0.25, 0.3) is 0 Å². The maximum absolute atomic E-state index is 13.6. The number of morpholine rings is 1. The van der Waals surface area contributed by atoms with Gasteiger partial charge in [-0.05, 0) is 62.5 Å². The fourth-order valence-corrected chi connectivity index (χ4v) is 5.50. The van der Waals surface area contributed by atoms with Gasteiger partial charge in [0.1, 0.15) is 12.3 Å². The average molecular weight is 508 g/mol. The zero-order valence-electron chi connectivity index (χ0n) is 19.7. The fraction of sp³-hybridized carbons (Fsp3) is 0.458. The van der Waals surface area contributed by atoms with Crippen molar-refractivity contribution in [2.45, 2.75) is 23.1 Å². The molecular formula is C24H33N3O5S2. The Bertz CT molecular complexity index is 1030. The highest BCUT2D eigenvalue weighted by Crippen LogP contribution is 2.32. The molecule has 2 aromatic rings. The molecule has 0 bridgehead atoms. The second-order valence-electron chi connectivity index (χ2n) is 7.75. The number of sulfonamides is 1. The number of hydrogen-bond acceptors (Lipinski definition) is 7. The van der Waals surface area contributed by atoms with Crippen molar-refractivity contribution < 1.29 is 22.7 Å². The Morgan fingerprint density at radius 3 is 2.53 bits per heavy atom. The number of ether oxygens (including phenoxy) is 2. The summed E-state index contributed by atoms with van der Waals surface area (Å²) in [6, 6.07) is 13.5. The third-order valence-electron chi connectivity index (χ3n) is 5.45. The predicted octanol–water partition coefficient (Wildman–Crippen LogP) is 2.84. The number of nitrogens with one attached hydrogen (secondary N) is 1. The molecular weight excluding hydrogens is 474 g/mol. The van der Waals surface area contributed by atoms with Crippen molar-refractivity contribution in [3.63, 3.8) is 0 Å². The molecule has 2 aromatic carbocycles. The van der Waals surface area contributed by atoms with E-state index in [2.05, 4.69) is 10.2 Å². The van der Waals surface area contributed by atoms with E-state index in [1.54, 1.807) is 48.5 Å². The second-order valence-corrected chi connectivity index (χ2v) is 10.5. The number of carbonyl (C=O) groups excluding carboxylic acids is 1. The third kappa shape index (κ3) is 7.11. The predicted molar refractivity (Wildman–Crippen MR) is 135 cm³/mol. The SMILES string of the molecule is CCOc1ccccc1N(CC(=O)NCCCN1CCOCC1)S(=O)(=O)c1ccc(SC)cc1. The lowest BCUT2D eigenvalue weighted by Crippen LogP contribution is -2.42. The van der Waals surface area contributed by atoms with Gasteiger partial charge < -0.3 is 14.8 Å². The molecule has 0 radical (unpaired) electrons. The van der Waals surface area contributed by atoms with E-state index in [1.165, 1.54) is 11.8 Å². The Morgan fingerprint density at radius 1 is 1.15 bits per heavy atom. The molecule has 186 valence electrons. The van der Waals surface area contributed by atoms with Crippen molar-refractivity contribution in [1.29, 1.82) is 0 Å². The molecule has 1 fully saturated rings. The summed E-state index contributed by atoms with van der Waals surface area (Å²) in [5.74, 6) is 0.0482. The molecule has 1 aliphatic heterocycles. The van der Waals surface area contributed by atoms with E-state index in [1.807, 2.05) is 13.2 Å². The Hall–Kier alpha value is -2.27. The number of benzene rings is 2. The highest BCUT2D eigenvalue weighted by molar-refractivity contribution is 7.98. The number of rotatable bonds is 12. The third-order valence-corrected chi connectivity index (χ3v) is 7.96. The molecule has 1 N–H and O–H groups in total. The summed E-state index contributed by atoms with van der Waals surface area (Å²) >= 11 is 1.53. The topological polar surface area (TPSA) is 88.2 Å². The molecule has 0 spiro atoms. The molecule has 3 rings (SSSR count). The van der Waals surface area contributed by atoms with Gasteiger partial charge in [-0.2, -0.15) is 0 Å². The quantitative estimate of drug-likeness (QED) is 0.349. The number of thioether (sulfide) groups is 1. The summed E-state index contributed by atoms with van der Waals surface area (Å²) in [6.07, 6.45) is 2.71. The average Bonchev–Trinajstić information content (AvgIpc) is 2.86. The first-order chi connectivity index (χ1) is 16.5. The number of carbonyl (C=O) groups is 1. The minimum atomic E-state index is -4.00. The molecule has 1 saturated heterocycles. The zero-order chi connectivity index (χ0) is 24.4. The fourth-order valence-electron chi connectivity index (χ4n) is 3.66. The van der Waals surface area contributed by atoms with Crippen molar-refractivity contribution in [2.24, 2.45) is 0 Å². The maximum atomic E-state index is 13.6. The van der Waals surface area contributed by atoms with Crippen LogP contribution in [0, 0.1) is 0 Å². The van der Waals surface area contributed by atoms with Gasteiger partial charge in [-0.1, -0.05) is 12.1 Å². The summed E-state index contributed by atoms with van der Waals surface area (Å²) in [5, 5.41) is 2.87. The van der Waals surface area contributed by atoms with E-state index in [0.717, 1.165) is 48.5 Å². The van der Waals surface area contributed by atoms with Crippen molar-refractivity contribution in [2.75, 3.05) is 63.1 Å². The number of amides is 1. The van der Waals surface area contributed by atoms with Crippen LogP contribution in [0.3, 0.4) is 0 Å². The van der Waals surface area contributed by atoms with E-state index in [0.29, 0.717) is 24.6 Å². The van der Waals surface area contributed by atoms with Crippen LogP contribution < -0.4 is 14.4 Å². The molecule has 8 nitrogen and oxygen atoms in total. The smallest absolute Gasteiger partial charge is 0.264 e. The van der Waals surface area contributed by atoms with Crippen molar-refractivity contribution in [1.82, 2.24) is 10.2 Å². The molecule has 0 aliphatic carbocycles. The van der Waals surface area contributed by atoms with Crippen molar-refractivity contribution in [3.8, 4) is 5.75 Å². The van der Waals surface area contributed by atoms with Gasteiger partial charge in [0.05, 0.1) is 30.4 Å². The summed E-state index contributed by atoms with van der Waals surface area (Å²) in [5.41, 5.74) is 0.335. The standard InChI is InChI=1S/C24H33N3O5S2/c1-3-32-23-8-5-4-7-22(23)27(34(29,30)21-11-9-20(33-2)10-12-21)19-24(28)25-13-6-14-26-15-17-31-18-16-26/h4-5,7-12H,3,6,13-19H2,1-2H3,(H,25,28). The van der Waals surface area contributed by atoms with E-state index >= 15 is 0 Å². The van der Waals surface area contributed by atoms with Crippen molar-refractivity contribution in [3.05, 3.63) is 48.5 Å². The monoisotopic (exact) mass is 507 g/mol. The van der Waals surface area contributed by atoms with Gasteiger partial charge in [-0.25, -0.2) is 8.42 Å². The van der Waals surface area contributed by atoms with Crippen LogP contribution in [-0.2, 0) is 19.6 Å². The van der Waals surface area contributed by atoms with Crippen LogP contribution in [0.2, 0.25) is 0 Å². The zero-order valence-corrected chi connectivity index (χ0v) is 21.4.